The van der Waals surface area contributed by atoms with Crippen molar-refractivity contribution in [1.82, 2.24) is 0 Å². The highest BCUT2D eigenvalue weighted by atomic mass is 16.3. The van der Waals surface area contributed by atoms with Gasteiger partial charge in [-0.05, 0) is 25.7 Å². The van der Waals surface area contributed by atoms with Crippen LogP contribution in [0.15, 0.2) is 0 Å². The summed E-state index contributed by atoms with van der Waals surface area (Å²) in [6, 6.07) is 0. The molecule has 0 aliphatic heterocycles. The standard InChI is InChI=1S/C36H78N2O2/c1-7-9-11-13-15-17-19-21-23-25-27-29-31-37(3,4)34-35(39)33-36(40)38(5,6)32-30-28-26-24-22-20-18-16-14-12-10-8-2/h35-36,39-40H,7-34H2,1-6H3/q+2. The average molecular weight is 571 g/mol. The second-order valence-electron chi connectivity index (χ2n) is 14.5. The highest BCUT2D eigenvalue weighted by molar-refractivity contribution is 4.59. The van der Waals surface area contributed by atoms with Crippen molar-refractivity contribution < 1.29 is 19.2 Å². The SMILES string of the molecule is CCCCCCCCCCCCCC[N+](C)(C)CC(O)CC(O)[N+](C)(C)CCCCCCCCCCCCCC. The van der Waals surface area contributed by atoms with Crippen LogP contribution in [-0.4, -0.2) is 79.3 Å². The largest absolute Gasteiger partial charge is 0.387 e. The van der Waals surface area contributed by atoms with E-state index in [1.54, 1.807) is 0 Å². The molecule has 4 nitrogen and oxygen atoms in total. The first-order chi connectivity index (χ1) is 19.1. The van der Waals surface area contributed by atoms with E-state index in [1.165, 1.54) is 148 Å². The Kier molecular flexibility index (Phi) is 26.4. The summed E-state index contributed by atoms with van der Waals surface area (Å²) in [4.78, 5) is 0. The van der Waals surface area contributed by atoms with E-state index in [4.69, 9.17) is 0 Å². The van der Waals surface area contributed by atoms with Crippen LogP contribution in [0.4, 0.5) is 0 Å². The van der Waals surface area contributed by atoms with Crippen molar-refractivity contribution >= 4 is 0 Å². The van der Waals surface area contributed by atoms with Gasteiger partial charge in [-0.3, -0.25) is 0 Å². The molecule has 0 aromatic rings. The van der Waals surface area contributed by atoms with Crippen molar-refractivity contribution in [3.63, 3.8) is 0 Å². The fourth-order valence-corrected chi connectivity index (χ4v) is 6.16. The van der Waals surface area contributed by atoms with E-state index in [-0.39, 0.29) is 0 Å². The number of unbranched alkanes of at least 4 members (excludes halogenated alkanes) is 22. The van der Waals surface area contributed by atoms with Crippen molar-refractivity contribution in [3.05, 3.63) is 0 Å². The van der Waals surface area contributed by atoms with Gasteiger partial charge >= 0.3 is 0 Å². The summed E-state index contributed by atoms with van der Waals surface area (Å²) in [5, 5.41) is 21.7. The van der Waals surface area contributed by atoms with E-state index in [0.717, 1.165) is 30.5 Å². The van der Waals surface area contributed by atoms with E-state index in [1.807, 2.05) is 0 Å². The van der Waals surface area contributed by atoms with E-state index in [0.29, 0.717) is 10.9 Å². The van der Waals surface area contributed by atoms with Crippen LogP contribution in [0.3, 0.4) is 0 Å². The Morgan fingerprint density at radius 1 is 0.425 bits per heavy atom. The molecule has 0 bridgehead atoms. The molecule has 0 aliphatic rings. The summed E-state index contributed by atoms with van der Waals surface area (Å²) in [6.07, 6.45) is 32.4. The van der Waals surface area contributed by atoms with Gasteiger partial charge in [0.2, 0.25) is 0 Å². The molecule has 0 aliphatic carbocycles. The molecule has 0 saturated carbocycles. The minimum atomic E-state index is -0.491. The summed E-state index contributed by atoms with van der Waals surface area (Å²) in [5.41, 5.74) is 0. The van der Waals surface area contributed by atoms with Gasteiger partial charge in [0.05, 0.1) is 47.7 Å². The van der Waals surface area contributed by atoms with E-state index < -0.39 is 12.3 Å². The smallest absolute Gasteiger partial charge is 0.192 e. The van der Waals surface area contributed by atoms with Crippen molar-refractivity contribution in [1.29, 1.82) is 0 Å². The molecule has 0 radical (unpaired) electrons. The maximum atomic E-state index is 10.9. The van der Waals surface area contributed by atoms with Gasteiger partial charge in [-0.25, -0.2) is 0 Å². The van der Waals surface area contributed by atoms with Crippen LogP contribution in [0.25, 0.3) is 0 Å². The molecule has 0 amide bonds. The molecule has 2 unspecified atom stereocenters. The van der Waals surface area contributed by atoms with Gasteiger partial charge in [0.15, 0.2) is 6.23 Å². The number of rotatable bonds is 31. The normalized spacial score (nSPS) is 14.1. The van der Waals surface area contributed by atoms with Crippen LogP contribution in [0.5, 0.6) is 0 Å². The number of hydrogen-bond acceptors (Lipinski definition) is 2. The zero-order valence-corrected chi connectivity index (χ0v) is 28.7. The maximum Gasteiger partial charge on any atom is 0.192 e. The Morgan fingerprint density at radius 2 is 0.725 bits per heavy atom. The lowest BCUT2D eigenvalue weighted by atomic mass is 10.0. The lowest BCUT2D eigenvalue weighted by molar-refractivity contribution is -0.939. The molecule has 0 fully saturated rings. The Hall–Kier alpha value is -0.160. The number of aliphatic hydroxyl groups is 2. The minimum Gasteiger partial charge on any atom is -0.387 e. The van der Waals surface area contributed by atoms with E-state index >= 15 is 0 Å². The topological polar surface area (TPSA) is 40.5 Å². The van der Waals surface area contributed by atoms with Gasteiger partial charge in [-0.15, -0.1) is 0 Å². The highest BCUT2D eigenvalue weighted by Crippen LogP contribution is 2.17. The average Bonchev–Trinajstić information content (AvgIpc) is 2.89. The van der Waals surface area contributed by atoms with Crippen molar-refractivity contribution in [2.75, 3.05) is 47.8 Å². The monoisotopic (exact) mass is 571 g/mol. The van der Waals surface area contributed by atoms with Crippen LogP contribution in [0.2, 0.25) is 0 Å². The Morgan fingerprint density at radius 3 is 1.07 bits per heavy atom. The van der Waals surface area contributed by atoms with Crippen molar-refractivity contribution in [2.24, 2.45) is 0 Å². The van der Waals surface area contributed by atoms with Gasteiger partial charge in [0.1, 0.15) is 12.6 Å². The summed E-state index contributed by atoms with van der Waals surface area (Å²) in [6.45, 7) is 7.40. The quantitative estimate of drug-likeness (QED) is 0.0495. The first-order valence-corrected chi connectivity index (χ1v) is 18.2. The first kappa shape index (κ1) is 39.8. The molecule has 0 spiro atoms. The lowest BCUT2D eigenvalue weighted by Crippen LogP contribution is -2.53. The Bertz CT molecular complexity index is 523. The molecule has 0 saturated heterocycles. The fraction of sp³-hybridized carbons (Fsp3) is 1.00. The predicted octanol–water partition coefficient (Wildman–Crippen LogP) is 9.61. The zero-order chi connectivity index (χ0) is 30.0. The van der Waals surface area contributed by atoms with Gasteiger partial charge < -0.3 is 19.2 Å². The van der Waals surface area contributed by atoms with E-state index in [2.05, 4.69) is 42.0 Å². The molecular weight excluding hydrogens is 492 g/mol. The van der Waals surface area contributed by atoms with Gasteiger partial charge in [0, 0.05) is 0 Å². The maximum absolute atomic E-state index is 10.9. The van der Waals surface area contributed by atoms with E-state index in [9.17, 15) is 10.2 Å². The number of nitrogens with zero attached hydrogens (tertiary/aromatic N) is 2. The van der Waals surface area contributed by atoms with Crippen molar-refractivity contribution in [3.8, 4) is 0 Å². The molecule has 2 N–H and O–H groups in total. The van der Waals surface area contributed by atoms with Crippen LogP contribution < -0.4 is 0 Å². The zero-order valence-electron chi connectivity index (χ0n) is 28.7. The first-order valence-electron chi connectivity index (χ1n) is 18.2. The summed E-state index contributed by atoms with van der Waals surface area (Å²) >= 11 is 0. The second-order valence-corrected chi connectivity index (χ2v) is 14.5. The molecule has 40 heavy (non-hydrogen) atoms. The molecule has 0 aromatic carbocycles. The van der Waals surface area contributed by atoms with Gasteiger partial charge in [0.25, 0.3) is 0 Å². The molecular formula is C36H78N2O2+2. The summed E-state index contributed by atoms with van der Waals surface area (Å²) in [7, 11) is 8.73. The molecule has 0 rings (SSSR count). The van der Waals surface area contributed by atoms with Gasteiger partial charge in [-0.1, -0.05) is 142 Å². The fourth-order valence-electron chi connectivity index (χ4n) is 6.16. The molecule has 0 heterocycles. The molecule has 0 aromatic heterocycles. The molecule has 2 atom stereocenters. The van der Waals surface area contributed by atoms with Gasteiger partial charge in [-0.2, -0.15) is 0 Å². The number of hydrogen-bond donors (Lipinski definition) is 2. The Labute approximate surface area is 253 Å². The minimum absolute atomic E-state index is 0.443. The van der Waals surface area contributed by atoms with Crippen LogP contribution in [-0.2, 0) is 0 Å². The van der Waals surface area contributed by atoms with Crippen LogP contribution in [0, 0.1) is 0 Å². The molecule has 242 valence electrons. The van der Waals surface area contributed by atoms with Crippen molar-refractivity contribution in [2.45, 2.75) is 187 Å². The highest BCUT2D eigenvalue weighted by Gasteiger charge is 2.30. The number of likely N-dealkylation sites (N-methyl/N-ethyl adjacent to an activating group) is 1. The number of aliphatic hydroxyl groups excluding tert-OH is 2. The third-order valence-electron chi connectivity index (χ3n) is 9.20. The summed E-state index contributed by atoms with van der Waals surface area (Å²) in [5.74, 6) is 0. The molecule has 4 heteroatoms. The van der Waals surface area contributed by atoms with Crippen LogP contribution in [0.1, 0.15) is 174 Å². The summed E-state index contributed by atoms with van der Waals surface area (Å²) < 4.78 is 1.44. The Balaban J connectivity index is 3.83. The second kappa shape index (κ2) is 26.5. The third-order valence-corrected chi connectivity index (χ3v) is 9.20. The lowest BCUT2D eigenvalue weighted by Gasteiger charge is -2.37. The van der Waals surface area contributed by atoms with Crippen LogP contribution >= 0.6 is 0 Å². The number of quaternary nitrogens is 2. The predicted molar refractivity (Wildman–Crippen MR) is 178 cm³/mol. The third kappa shape index (κ3) is 25.5.